The maximum atomic E-state index is 11.2. The highest BCUT2D eigenvalue weighted by Gasteiger charge is 2.25. The summed E-state index contributed by atoms with van der Waals surface area (Å²) >= 11 is 0. The zero-order valence-electron chi connectivity index (χ0n) is 9.08. The first-order valence-corrected chi connectivity index (χ1v) is 5.10. The Balaban J connectivity index is 2.10. The second-order valence-corrected chi connectivity index (χ2v) is 3.56. The van der Waals surface area contributed by atoms with Crippen LogP contribution < -0.4 is 5.32 Å². The standard InChI is InChI=1S/C10H16N2O3/c1-7(13)11-6-4-3-5-9-10(14)15-8(2)12-9/h9H,3-6H2,1-2H3,(H,11,13). The minimum absolute atomic E-state index is 0.0239. The number of aliphatic imine (C=N–C) groups is 1. The van der Waals surface area contributed by atoms with Crippen LogP contribution in [0.4, 0.5) is 0 Å². The summed E-state index contributed by atoms with van der Waals surface area (Å²) in [5.74, 6) is 0.169. The maximum Gasteiger partial charge on any atom is 0.337 e. The van der Waals surface area contributed by atoms with E-state index in [0.717, 1.165) is 12.8 Å². The lowest BCUT2D eigenvalue weighted by atomic mass is 10.1. The number of cyclic esters (lactones) is 1. The fraction of sp³-hybridized carbons (Fsp3) is 0.700. The summed E-state index contributed by atoms with van der Waals surface area (Å²) in [4.78, 5) is 25.8. The van der Waals surface area contributed by atoms with Gasteiger partial charge < -0.3 is 10.1 Å². The van der Waals surface area contributed by atoms with Crippen LogP contribution in [-0.2, 0) is 14.3 Å². The van der Waals surface area contributed by atoms with Crippen molar-refractivity contribution >= 4 is 17.8 Å². The molecule has 84 valence electrons. The van der Waals surface area contributed by atoms with E-state index in [9.17, 15) is 9.59 Å². The lowest BCUT2D eigenvalue weighted by Gasteiger charge is -2.03. The van der Waals surface area contributed by atoms with Gasteiger partial charge in [0.25, 0.3) is 0 Å². The first kappa shape index (κ1) is 11.7. The number of amides is 1. The number of ether oxygens (including phenoxy) is 1. The summed E-state index contributed by atoms with van der Waals surface area (Å²) < 4.78 is 4.81. The molecule has 0 spiro atoms. The number of hydrogen-bond donors (Lipinski definition) is 1. The summed E-state index contributed by atoms with van der Waals surface area (Å²) in [5, 5.41) is 2.70. The predicted octanol–water partition coefficient (Wildman–Crippen LogP) is 0.637. The van der Waals surface area contributed by atoms with Gasteiger partial charge in [0.1, 0.15) is 0 Å². The number of carbonyl (C=O) groups excluding carboxylic acids is 2. The second-order valence-electron chi connectivity index (χ2n) is 3.56. The molecule has 0 saturated carbocycles. The van der Waals surface area contributed by atoms with Gasteiger partial charge in [-0.2, -0.15) is 0 Å². The van der Waals surface area contributed by atoms with Gasteiger partial charge in [0.05, 0.1) is 0 Å². The van der Waals surface area contributed by atoms with Crippen molar-refractivity contribution in [1.29, 1.82) is 0 Å². The van der Waals surface area contributed by atoms with Gasteiger partial charge in [-0.25, -0.2) is 9.79 Å². The third-order valence-electron chi connectivity index (χ3n) is 2.14. The maximum absolute atomic E-state index is 11.2. The first-order chi connectivity index (χ1) is 7.09. The van der Waals surface area contributed by atoms with E-state index in [1.165, 1.54) is 6.92 Å². The lowest BCUT2D eigenvalue weighted by Crippen LogP contribution is -2.21. The molecule has 1 heterocycles. The van der Waals surface area contributed by atoms with Crippen molar-refractivity contribution in [3.8, 4) is 0 Å². The molecule has 15 heavy (non-hydrogen) atoms. The molecule has 1 N–H and O–H groups in total. The van der Waals surface area contributed by atoms with Crippen LogP contribution in [0.3, 0.4) is 0 Å². The van der Waals surface area contributed by atoms with Gasteiger partial charge in [-0.05, 0) is 19.3 Å². The van der Waals surface area contributed by atoms with Crippen LogP contribution in [0.25, 0.3) is 0 Å². The van der Waals surface area contributed by atoms with Crippen molar-refractivity contribution < 1.29 is 14.3 Å². The van der Waals surface area contributed by atoms with Gasteiger partial charge in [0.15, 0.2) is 11.9 Å². The van der Waals surface area contributed by atoms with Gasteiger partial charge in [0, 0.05) is 20.4 Å². The Morgan fingerprint density at radius 2 is 2.27 bits per heavy atom. The van der Waals surface area contributed by atoms with E-state index in [2.05, 4.69) is 10.3 Å². The molecule has 0 aromatic heterocycles. The number of hydrogen-bond acceptors (Lipinski definition) is 4. The fourth-order valence-corrected chi connectivity index (χ4v) is 1.42. The van der Waals surface area contributed by atoms with Crippen molar-refractivity contribution in [2.45, 2.75) is 39.2 Å². The predicted molar refractivity (Wildman–Crippen MR) is 55.5 cm³/mol. The van der Waals surface area contributed by atoms with Crippen LogP contribution in [-0.4, -0.2) is 30.4 Å². The minimum atomic E-state index is -0.331. The number of rotatable bonds is 5. The highest BCUT2D eigenvalue weighted by molar-refractivity contribution is 5.95. The molecular formula is C10H16N2O3. The fourth-order valence-electron chi connectivity index (χ4n) is 1.42. The Bertz CT molecular complexity index is 286. The number of carbonyl (C=O) groups is 2. The number of unbranched alkanes of at least 4 members (excludes halogenated alkanes) is 1. The third kappa shape index (κ3) is 4.10. The second kappa shape index (κ2) is 5.48. The molecule has 0 aromatic carbocycles. The smallest absolute Gasteiger partial charge is 0.337 e. The number of nitrogens with one attached hydrogen (secondary N) is 1. The van der Waals surface area contributed by atoms with E-state index < -0.39 is 0 Å². The quantitative estimate of drug-likeness (QED) is 0.537. The molecule has 0 fully saturated rings. The summed E-state index contributed by atoms with van der Waals surface area (Å²) in [7, 11) is 0. The Hall–Kier alpha value is -1.39. The molecule has 1 aliphatic rings. The number of esters is 1. The summed E-state index contributed by atoms with van der Waals surface area (Å²) in [6, 6.07) is -0.331. The van der Waals surface area contributed by atoms with Crippen molar-refractivity contribution in [3.05, 3.63) is 0 Å². The molecule has 5 nitrogen and oxygen atoms in total. The Labute approximate surface area is 88.9 Å². The summed E-state index contributed by atoms with van der Waals surface area (Å²) in [6.45, 7) is 3.82. The minimum Gasteiger partial charge on any atom is -0.411 e. The van der Waals surface area contributed by atoms with Crippen LogP contribution in [0.2, 0.25) is 0 Å². The average Bonchev–Trinajstić information content (AvgIpc) is 2.44. The highest BCUT2D eigenvalue weighted by Crippen LogP contribution is 2.12. The number of nitrogens with zero attached hydrogens (tertiary/aromatic N) is 1. The molecule has 0 aliphatic carbocycles. The summed E-state index contributed by atoms with van der Waals surface area (Å²) in [5.41, 5.74) is 0. The lowest BCUT2D eigenvalue weighted by molar-refractivity contribution is -0.135. The third-order valence-corrected chi connectivity index (χ3v) is 2.14. The SMILES string of the molecule is CC(=O)NCCCCC1N=C(C)OC1=O. The largest absolute Gasteiger partial charge is 0.411 e. The molecule has 0 bridgehead atoms. The van der Waals surface area contributed by atoms with E-state index >= 15 is 0 Å². The highest BCUT2D eigenvalue weighted by atomic mass is 16.6. The Kier molecular flexibility index (Phi) is 4.27. The van der Waals surface area contributed by atoms with Crippen molar-refractivity contribution in [3.63, 3.8) is 0 Å². The van der Waals surface area contributed by atoms with E-state index in [0.29, 0.717) is 18.9 Å². The summed E-state index contributed by atoms with van der Waals surface area (Å²) in [6.07, 6.45) is 2.41. The molecular weight excluding hydrogens is 196 g/mol. The van der Waals surface area contributed by atoms with Crippen LogP contribution in [0.15, 0.2) is 4.99 Å². The van der Waals surface area contributed by atoms with Gasteiger partial charge in [-0.3, -0.25) is 4.79 Å². The Morgan fingerprint density at radius 3 is 2.80 bits per heavy atom. The molecule has 0 radical (unpaired) electrons. The zero-order valence-corrected chi connectivity index (χ0v) is 9.08. The van der Waals surface area contributed by atoms with Crippen LogP contribution in [0, 0.1) is 0 Å². The molecule has 0 aromatic rings. The topological polar surface area (TPSA) is 67.8 Å². The molecule has 1 aliphatic heterocycles. The van der Waals surface area contributed by atoms with Crippen LogP contribution >= 0.6 is 0 Å². The Morgan fingerprint density at radius 1 is 1.53 bits per heavy atom. The van der Waals surface area contributed by atoms with E-state index in [1.807, 2.05) is 0 Å². The van der Waals surface area contributed by atoms with Gasteiger partial charge >= 0.3 is 5.97 Å². The zero-order chi connectivity index (χ0) is 11.3. The average molecular weight is 212 g/mol. The normalized spacial score (nSPS) is 19.7. The first-order valence-electron chi connectivity index (χ1n) is 5.10. The molecule has 1 unspecified atom stereocenters. The van der Waals surface area contributed by atoms with Crippen LogP contribution in [0.5, 0.6) is 0 Å². The van der Waals surface area contributed by atoms with Gasteiger partial charge in [-0.15, -0.1) is 0 Å². The molecule has 1 rings (SSSR count). The molecule has 1 amide bonds. The molecule has 1 atom stereocenters. The molecule has 5 heteroatoms. The van der Waals surface area contributed by atoms with E-state index in [1.54, 1.807) is 6.92 Å². The van der Waals surface area contributed by atoms with Gasteiger partial charge in [-0.1, -0.05) is 0 Å². The monoisotopic (exact) mass is 212 g/mol. The van der Waals surface area contributed by atoms with E-state index in [4.69, 9.17) is 4.74 Å². The van der Waals surface area contributed by atoms with Crippen molar-refractivity contribution in [2.24, 2.45) is 4.99 Å². The van der Waals surface area contributed by atoms with Crippen molar-refractivity contribution in [1.82, 2.24) is 5.32 Å². The molecule has 0 saturated heterocycles. The van der Waals surface area contributed by atoms with Gasteiger partial charge in [0.2, 0.25) is 5.91 Å². The van der Waals surface area contributed by atoms with Crippen LogP contribution in [0.1, 0.15) is 33.1 Å². The van der Waals surface area contributed by atoms with Crippen molar-refractivity contribution in [2.75, 3.05) is 6.54 Å². The van der Waals surface area contributed by atoms with E-state index in [-0.39, 0.29) is 17.9 Å².